The number of rotatable bonds is 13. The molecule has 0 spiro atoms. The van der Waals surface area contributed by atoms with Gasteiger partial charge in [0.2, 0.25) is 0 Å². The number of hydrogen-bond donors (Lipinski definition) is 0. The van der Waals surface area contributed by atoms with Gasteiger partial charge in [-0.05, 0) is 42.8 Å². The molecule has 0 radical (unpaired) electrons. The third-order valence-corrected chi connectivity index (χ3v) is 6.01. The minimum Gasteiger partial charge on any atom is -0.255 e. The zero-order valence-corrected chi connectivity index (χ0v) is 20.1. The van der Waals surface area contributed by atoms with Gasteiger partial charge in [-0.25, -0.2) is 4.98 Å². The molecule has 0 aromatic carbocycles. The largest absolute Gasteiger partial charge is 0.255 e. The average molecular weight is 455 g/mol. The summed E-state index contributed by atoms with van der Waals surface area (Å²) >= 11 is 0. The van der Waals surface area contributed by atoms with E-state index in [0.717, 1.165) is 47.0 Å². The third kappa shape index (κ3) is 6.80. The summed E-state index contributed by atoms with van der Waals surface area (Å²) in [5, 5.41) is 8.84. The van der Waals surface area contributed by atoms with Crippen molar-refractivity contribution >= 4 is 0 Å². The minimum atomic E-state index is 0.798. The van der Waals surface area contributed by atoms with Crippen molar-refractivity contribution in [2.45, 2.75) is 71.3 Å². The van der Waals surface area contributed by atoms with Crippen LogP contribution < -0.4 is 0 Å². The first-order chi connectivity index (χ1) is 16.8. The molecule has 0 aliphatic carbocycles. The second kappa shape index (κ2) is 12.7. The molecule has 4 rings (SSSR count). The van der Waals surface area contributed by atoms with Crippen molar-refractivity contribution in [2.24, 2.45) is 0 Å². The van der Waals surface area contributed by atoms with Crippen LogP contribution in [-0.4, -0.2) is 29.9 Å². The molecular weight excluding hydrogens is 420 g/mol. The fourth-order valence-corrected chi connectivity index (χ4v) is 4.09. The lowest BCUT2D eigenvalue weighted by atomic mass is 10.1. The summed E-state index contributed by atoms with van der Waals surface area (Å²) in [6, 6.07) is 15.8. The third-order valence-electron chi connectivity index (χ3n) is 6.01. The van der Waals surface area contributed by atoms with Crippen LogP contribution in [-0.2, 0) is 6.54 Å². The van der Waals surface area contributed by atoms with Crippen LogP contribution in [0.25, 0.3) is 34.0 Å². The predicted molar refractivity (Wildman–Crippen MR) is 137 cm³/mol. The smallest absolute Gasteiger partial charge is 0.113 e. The SMILES string of the molecule is CCCCCCCCCCCn1cc(-c2cc(-c3ccccn3)nc(-c3ccccn3)c2)nn1. The quantitative estimate of drug-likeness (QED) is 0.204. The standard InChI is InChI=1S/C28H34N6/c1-2-3-4-5-6-7-8-9-14-19-34-22-28(32-33-34)23-20-26(24-15-10-12-17-29-24)31-27(21-23)25-16-11-13-18-30-25/h10-13,15-18,20-22H,2-9,14,19H2,1H3. The summed E-state index contributed by atoms with van der Waals surface area (Å²) in [6.07, 6.45) is 17.4. The lowest BCUT2D eigenvalue weighted by Gasteiger charge is -2.07. The van der Waals surface area contributed by atoms with Crippen LogP contribution in [0.4, 0.5) is 0 Å². The van der Waals surface area contributed by atoms with Gasteiger partial charge in [0.05, 0.1) is 29.0 Å². The summed E-state index contributed by atoms with van der Waals surface area (Å²) in [6.45, 7) is 3.16. The van der Waals surface area contributed by atoms with E-state index >= 15 is 0 Å². The Hall–Kier alpha value is -3.41. The summed E-state index contributed by atoms with van der Waals surface area (Å²) in [5.74, 6) is 0. The molecule has 0 saturated heterocycles. The van der Waals surface area contributed by atoms with Gasteiger partial charge >= 0.3 is 0 Å². The zero-order valence-electron chi connectivity index (χ0n) is 20.1. The molecule has 0 amide bonds. The Morgan fingerprint density at radius 1 is 0.647 bits per heavy atom. The lowest BCUT2D eigenvalue weighted by Crippen LogP contribution is -1.98. The molecule has 0 aliphatic rings. The molecule has 4 aromatic heterocycles. The van der Waals surface area contributed by atoms with Gasteiger partial charge in [-0.1, -0.05) is 75.6 Å². The van der Waals surface area contributed by atoms with Crippen LogP contribution in [0.2, 0.25) is 0 Å². The Morgan fingerprint density at radius 2 is 1.24 bits per heavy atom. The van der Waals surface area contributed by atoms with Gasteiger partial charge in [0.1, 0.15) is 5.69 Å². The molecule has 0 atom stereocenters. The van der Waals surface area contributed by atoms with E-state index in [1.54, 1.807) is 12.4 Å². The Balaban J connectivity index is 1.42. The van der Waals surface area contributed by atoms with Crippen LogP contribution in [0.3, 0.4) is 0 Å². The molecule has 176 valence electrons. The van der Waals surface area contributed by atoms with E-state index in [0.29, 0.717) is 0 Å². The Labute approximate surface area is 202 Å². The minimum absolute atomic E-state index is 0.798. The van der Waals surface area contributed by atoms with Gasteiger partial charge < -0.3 is 0 Å². The second-order valence-corrected chi connectivity index (χ2v) is 8.75. The first kappa shape index (κ1) is 23.7. The summed E-state index contributed by atoms with van der Waals surface area (Å²) in [4.78, 5) is 13.8. The predicted octanol–water partition coefficient (Wildman–Crippen LogP) is 6.99. The van der Waals surface area contributed by atoms with Crippen LogP contribution >= 0.6 is 0 Å². The monoisotopic (exact) mass is 454 g/mol. The number of aryl methyl sites for hydroxylation is 1. The average Bonchev–Trinajstić information content (AvgIpc) is 3.37. The van der Waals surface area contributed by atoms with E-state index in [1.807, 2.05) is 59.4 Å². The van der Waals surface area contributed by atoms with Gasteiger partial charge in [0, 0.05) is 24.5 Å². The summed E-state index contributed by atoms with van der Waals surface area (Å²) < 4.78 is 1.96. The number of aromatic nitrogens is 6. The highest BCUT2D eigenvalue weighted by Gasteiger charge is 2.12. The summed E-state index contributed by atoms with van der Waals surface area (Å²) in [7, 11) is 0. The number of nitrogens with zero attached hydrogens (tertiary/aromatic N) is 6. The van der Waals surface area contributed by atoms with Crippen LogP contribution in [0.15, 0.2) is 67.1 Å². The Morgan fingerprint density at radius 3 is 1.79 bits per heavy atom. The molecule has 4 aromatic rings. The molecule has 6 nitrogen and oxygen atoms in total. The van der Waals surface area contributed by atoms with E-state index in [4.69, 9.17) is 4.98 Å². The Kier molecular flexibility index (Phi) is 8.89. The van der Waals surface area contributed by atoms with Crippen LogP contribution in [0.1, 0.15) is 64.7 Å². The van der Waals surface area contributed by atoms with Crippen molar-refractivity contribution in [3.8, 4) is 34.0 Å². The first-order valence-electron chi connectivity index (χ1n) is 12.6. The molecule has 0 aliphatic heterocycles. The van der Waals surface area contributed by atoms with Crippen molar-refractivity contribution in [3.63, 3.8) is 0 Å². The highest BCUT2D eigenvalue weighted by atomic mass is 15.4. The molecule has 0 fully saturated rings. The molecule has 34 heavy (non-hydrogen) atoms. The molecular formula is C28H34N6. The van der Waals surface area contributed by atoms with Crippen molar-refractivity contribution in [1.82, 2.24) is 29.9 Å². The fourth-order valence-electron chi connectivity index (χ4n) is 4.09. The van der Waals surface area contributed by atoms with E-state index in [9.17, 15) is 0 Å². The first-order valence-corrected chi connectivity index (χ1v) is 12.6. The van der Waals surface area contributed by atoms with Gasteiger partial charge in [-0.15, -0.1) is 5.10 Å². The number of pyridine rings is 3. The van der Waals surface area contributed by atoms with Gasteiger partial charge in [0.25, 0.3) is 0 Å². The maximum absolute atomic E-state index is 4.83. The summed E-state index contributed by atoms with van der Waals surface area (Å²) in [5.41, 5.74) is 5.05. The van der Waals surface area contributed by atoms with Gasteiger partial charge in [-0.2, -0.15) is 0 Å². The fraction of sp³-hybridized carbons (Fsp3) is 0.393. The highest BCUT2D eigenvalue weighted by molar-refractivity contribution is 5.72. The molecule has 0 bridgehead atoms. The molecule has 0 unspecified atom stereocenters. The maximum atomic E-state index is 4.83. The van der Waals surface area contributed by atoms with Crippen molar-refractivity contribution in [3.05, 3.63) is 67.1 Å². The lowest BCUT2D eigenvalue weighted by molar-refractivity contribution is 0.509. The maximum Gasteiger partial charge on any atom is 0.113 e. The molecule has 0 saturated carbocycles. The highest BCUT2D eigenvalue weighted by Crippen LogP contribution is 2.27. The Bertz CT molecular complexity index is 1070. The number of unbranched alkanes of at least 4 members (excludes halogenated alkanes) is 8. The molecule has 4 heterocycles. The van der Waals surface area contributed by atoms with E-state index in [1.165, 1.54) is 51.4 Å². The van der Waals surface area contributed by atoms with Gasteiger partial charge in [0.15, 0.2) is 0 Å². The van der Waals surface area contributed by atoms with Crippen molar-refractivity contribution < 1.29 is 0 Å². The zero-order chi connectivity index (χ0) is 23.4. The van der Waals surface area contributed by atoms with E-state index in [2.05, 4.69) is 27.2 Å². The van der Waals surface area contributed by atoms with Crippen molar-refractivity contribution in [2.75, 3.05) is 0 Å². The van der Waals surface area contributed by atoms with Crippen LogP contribution in [0, 0.1) is 0 Å². The second-order valence-electron chi connectivity index (χ2n) is 8.75. The van der Waals surface area contributed by atoms with Crippen LogP contribution in [0.5, 0.6) is 0 Å². The number of hydrogen-bond acceptors (Lipinski definition) is 5. The van der Waals surface area contributed by atoms with E-state index < -0.39 is 0 Å². The van der Waals surface area contributed by atoms with Crippen molar-refractivity contribution in [1.29, 1.82) is 0 Å². The molecule has 0 N–H and O–H groups in total. The normalized spacial score (nSPS) is 11.1. The molecule has 6 heteroatoms. The topological polar surface area (TPSA) is 69.4 Å². The van der Waals surface area contributed by atoms with E-state index in [-0.39, 0.29) is 0 Å². The van der Waals surface area contributed by atoms with Gasteiger partial charge in [-0.3, -0.25) is 14.6 Å².